The van der Waals surface area contributed by atoms with Crippen LogP contribution in [-0.2, 0) is 4.74 Å². The highest BCUT2D eigenvalue weighted by Gasteiger charge is 2.37. The summed E-state index contributed by atoms with van der Waals surface area (Å²) in [6.07, 6.45) is 2.92. The van der Waals surface area contributed by atoms with Crippen molar-refractivity contribution >= 4 is 11.4 Å². The van der Waals surface area contributed by atoms with Crippen LogP contribution < -0.4 is 10.1 Å². The highest BCUT2D eigenvalue weighted by atomic mass is 19.1. The van der Waals surface area contributed by atoms with Crippen LogP contribution in [0.4, 0.5) is 15.8 Å². The lowest BCUT2D eigenvalue weighted by Gasteiger charge is -2.40. The maximum atomic E-state index is 13.9. The molecule has 1 fully saturated rings. The van der Waals surface area contributed by atoms with Crippen molar-refractivity contribution in [3.8, 4) is 5.75 Å². The number of nitro groups is 1. The standard InChI is InChI=1S/C13H17FN2O4/c1-19-12-7-10(9(14)6-11(12)16(17)18)15-8-13(20-2)4-3-5-13/h6-7,15H,3-5,8H2,1-2H3. The Kier molecular flexibility index (Phi) is 4.08. The fraction of sp³-hybridized carbons (Fsp3) is 0.538. The predicted octanol–water partition coefficient (Wildman–Crippen LogP) is 2.72. The molecule has 0 unspecified atom stereocenters. The number of hydrogen-bond acceptors (Lipinski definition) is 5. The van der Waals surface area contributed by atoms with E-state index in [1.54, 1.807) is 7.11 Å². The molecular weight excluding hydrogens is 267 g/mol. The van der Waals surface area contributed by atoms with E-state index in [-0.39, 0.29) is 22.7 Å². The molecule has 0 spiro atoms. The second kappa shape index (κ2) is 5.62. The van der Waals surface area contributed by atoms with Crippen LogP contribution in [0.5, 0.6) is 5.75 Å². The second-order valence-electron chi connectivity index (χ2n) is 4.86. The van der Waals surface area contributed by atoms with Gasteiger partial charge in [-0.25, -0.2) is 4.39 Å². The molecule has 7 heteroatoms. The molecule has 0 aliphatic heterocycles. The quantitative estimate of drug-likeness (QED) is 0.642. The van der Waals surface area contributed by atoms with Crippen LogP contribution in [-0.4, -0.2) is 31.3 Å². The molecule has 0 amide bonds. The highest BCUT2D eigenvalue weighted by molar-refractivity contribution is 5.59. The summed E-state index contributed by atoms with van der Waals surface area (Å²) in [6, 6.07) is 2.16. The normalized spacial score (nSPS) is 16.4. The summed E-state index contributed by atoms with van der Waals surface area (Å²) in [7, 11) is 2.94. The first-order chi connectivity index (χ1) is 9.51. The number of rotatable bonds is 6. The van der Waals surface area contributed by atoms with Gasteiger partial charge in [-0.2, -0.15) is 0 Å². The van der Waals surface area contributed by atoms with E-state index < -0.39 is 10.7 Å². The van der Waals surface area contributed by atoms with E-state index >= 15 is 0 Å². The Morgan fingerprint density at radius 1 is 1.45 bits per heavy atom. The lowest BCUT2D eigenvalue weighted by Crippen LogP contribution is -2.45. The zero-order chi connectivity index (χ0) is 14.8. The zero-order valence-corrected chi connectivity index (χ0v) is 11.4. The molecule has 0 saturated heterocycles. The van der Waals surface area contributed by atoms with E-state index in [2.05, 4.69) is 5.32 Å². The number of hydrogen-bond donors (Lipinski definition) is 1. The lowest BCUT2D eigenvalue weighted by atomic mass is 9.80. The van der Waals surface area contributed by atoms with E-state index in [4.69, 9.17) is 9.47 Å². The van der Waals surface area contributed by atoms with E-state index in [0.29, 0.717) is 6.54 Å². The van der Waals surface area contributed by atoms with Crippen molar-refractivity contribution in [2.45, 2.75) is 24.9 Å². The van der Waals surface area contributed by atoms with Gasteiger partial charge in [0.2, 0.25) is 0 Å². The summed E-state index contributed by atoms with van der Waals surface area (Å²) in [5.74, 6) is -0.651. The van der Waals surface area contributed by atoms with Crippen LogP contribution in [0.3, 0.4) is 0 Å². The molecule has 6 nitrogen and oxygen atoms in total. The van der Waals surface area contributed by atoms with Crippen LogP contribution >= 0.6 is 0 Å². The predicted molar refractivity (Wildman–Crippen MR) is 71.7 cm³/mol. The van der Waals surface area contributed by atoms with Gasteiger partial charge in [0.1, 0.15) is 0 Å². The smallest absolute Gasteiger partial charge is 0.313 e. The number of benzene rings is 1. The van der Waals surface area contributed by atoms with Crippen molar-refractivity contribution in [3.05, 3.63) is 28.1 Å². The molecule has 20 heavy (non-hydrogen) atoms. The molecule has 0 aromatic heterocycles. The Balaban J connectivity index is 2.17. The first-order valence-electron chi connectivity index (χ1n) is 6.32. The van der Waals surface area contributed by atoms with Crippen LogP contribution in [0.2, 0.25) is 0 Å². The van der Waals surface area contributed by atoms with Crippen molar-refractivity contribution in [3.63, 3.8) is 0 Å². The average Bonchev–Trinajstić information content (AvgIpc) is 2.39. The Bertz CT molecular complexity index is 512. The molecule has 1 aromatic carbocycles. The molecule has 110 valence electrons. The average molecular weight is 284 g/mol. The lowest BCUT2D eigenvalue weighted by molar-refractivity contribution is -0.385. The van der Waals surface area contributed by atoms with Crippen LogP contribution in [0.15, 0.2) is 12.1 Å². The Morgan fingerprint density at radius 2 is 2.15 bits per heavy atom. The van der Waals surface area contributed by atoms with Gasteiger partial charge in [0.15, 0.2) is 11.6 Å². The van der Waals surface area contributed by atoms with Crippen LogP contribution in [0.1, 0.15) is 19.3 Å². The van der Waals surface area contributed by atoms with Crippen LogP contribution in [0, 0.1) is 15.9 Å². The molecule has 1 aromatic rings. The van der Waals surface area contributed by atoms with Gasteiger partial charge in [-0.15, -0.1) is 0 Å². The first-order valence-corrected chi connectivity index (χ1v) is 6.32. The number of ether oxygens (including phenoxy) is 2. The summed E-state index contributed by atoms with van der Waals surface area (Å²) >= 11 is 0. The molecule has 1 saturated carbocycles. The summed E-state index contributed by atoms with van der Waals surface area (Å²) in [5.41, 5.74) is -0.474. The third-order valence-electron chi connectivity index (χ3n) is 3.76. The molecule has 0 heterocycles. The van der Waals surface area contributed by atoms with Gasteiger partial charge in [0.05, 0.1) is 29.4 Å². The second-order valence-corrected chi connectivity index (χ2v) is 4.86. The van der Waals surface area contributed by atoms with E-state index in [9.17, 15) is 14.5 Å². The summed E-state index contributed by atoms with van der Waals surface area (Å²) < 4.78 is 24.2. The van der Waals surface area contributed by atoms with Crippen molar-refractivity contribution < 1.29 is 18.8 Å². The molecule has 1 aliphatic rings. The molecule has 2 rings (SSSR count). The number of nitrogens with zero attached hydrogens (tertiary/aromatic N) is 1. The molecule has 0 radical (unpaired) electrons. The van der Waals surface area contributed by atoms with Gasteiger partial charge >= 0.3 is 5.69 Å². The molecule has 0 atom stereocenters. The zero-order valence-electron chi connectivity index (χ0n) is 11.4. The number of anilines is 1. The van der Waals surface area contributed by atoms with Crippen molar-refractivity contribution in [1.29, 1.82) is 0 Å². The summed E-state index contributed by atoms with van der Waals surface area (Å²) in [4.78, 5) is 10.1. The minimum Gasteiger partial charge on any atom is -0.490 e. The van der Waals surface area contributed by atoms with Gasteiger partial charge in [-0.05, 0) is 19.3 Å². The minimum absolute atomic E-state index is 0.0268. The maximum Gasteiger partial charge on any atom is 0.313 e. The minimum atomic E-state index is -0.678. The molecular formula is C13H17FN2O4. The van der Waals surface area contributed by atoms with E-state index in [1.165, 1.54) is 13.2 Å². The van der Waals surface area contributed by atoms with Crippen molar-refractivity contribution in [1.82, 2.24) is 0 Å². The van der Waals surface area contributed by atoms with Gasteiger partial charge < -0.3 is 14.8 Å². The summed E-state index contributed by atoms with van der Waals surface area (Å²) in [6.45, 7) is 0.460. The number of nitro benzene ring substituents is 1. The number of methoxy groups -OCH3 is 2. The van der Waals surface area contributed by atoms with Crippen molar-refractivity contribution in [2.75, 3.05) is 26.1 Å². The van der Waals surface area contributed by atoms with Gasteiger partial charge in [0.25, 0.3) is 0 Å². The highest BCUT2D eigenvalue weighted by Crippen LogP contribution is 2.37. The van der Waals surface area contributed by atoms with E-state index in [0.717, 1.165) is 25.3 Å². The Hall–Kier alpha value is -1.89. The van der Waals surface area contributed by atoms with Gasteiger partial charge in [0, 0.05) is 19.7 Å². The molecule has 0 bridgehead atoms. The maximum absolute atomic E-state index is 13.9. The van der Waals surface area contributed by atoms with Gasteiger partial charge in [-0.1, -0.05) is 0 Å². The monoisotopic (exact) mass is 284 g/mol. The Morgan fingerprint density at radius 3 is 2.60 bits per heavy atom. The third kappa shape index (κ3) is 2.67. The fourth-order valence-corrected chi connectivity index (χ4v) is 2.27. The molecule has 1 aliphatic carbocycles. The van der Waals surface area contributed by atoms with Crippen LogP contribution in [0.25, 0.3) is 0 Å². The Labute approximate surface area is 116 Å². The van der Waals surface area contributed by atoms with E-state index in [1.807, 2.05) is 0 Å². The topological polar surface area (TPSA) is 73.6 Å². The fourth-order valence-electron chi connectivity index (χ4n) is 2.27. The largest absolute Gasteiger partial charge is 0.490 e. The SMILES string of the molecule is COc1cc(NCC2(OC)CCC2)c(F)cc1[N+](=O)[O-]. The van der Waals surface area contributed by atoms with Crippen molar-refractivity contribution in [2.24, 2.45) is 0 Å². The first kappa shape index (κ1) is 14.5. The third-order valence-corrected chi connectivity index (χ3v) is 3.76. The van der Waals surface area contributed by atoms with Gasteiger partial charge in [-0.3, -0.25) is 10.1 Å². The molecule has 1 N–H and O–H groups in total. The number of halogens is 1. The number of nitrogens with one attached hydrogen (secondary N) is 1. The summed E-state index contributed by atoms with van der Waals surface area (Å²) in [5, 5.41) is 13.7.